The van der Waals surface area contributed by atoms with Crippen LogP contribution >= 0.6 is 23.1 Å². The van der Waals surface area contributed by atoms with E-state index in [0.29, 0.717) is 28.2 Å². The summed E-state index contributed by atoms with van der Waals surface area (Å²) in [5.41, 5.74) is 7.04. The molecule has 10 heteroatoms. The van der Waals surface area contributed by atoms with Crippen molar-refractivity contribution in [3.63, 3.8) is 0 Å². The van der Waals surface area contributed by atoms with Gasteiger partial charge in [-0.15, -0.1) is 16.4 Å². The van der Waals surface area contributed by atoms with E-state index in [1.54, 1.807) is 13.8 Å². The fourth-order valence-electron chi connectivity index (χ4n) is 2.99. The lowest BCUT2D eigenvalue weighted by atomic mass is 9.88. The Hall–Kier alpha value is -2.07. The van der Waals surface area contributed by atoms with Crippen LogP contribution in [0.5, 0.6) is 0 Å². The van der Waals surface area contributed by atoms with Crippen LogP contribution in [0, 0.1) is 5.92 Å². The van der Waals surface area contributed by atoms with E-state index in [2.05, 4.69) is 27.4 Å². The molecule has 0 aromatic carbocycles. The second-order valence-electron chi connectivity index (χ2n) is 6.53. The molecule has 2 heterocycles. The quantitative estimate of drug-likeness (QED) is 0.495. The number of amides is 1. The SMILES string of the molecule is CCOC(=O)c1c(NC(=O)C(C)Sc2n[nH]c(N)n2)sc2c1CCC(C)C2. The number of hydrogen-bond acceptors (Lipinski definition) is 8. The van der Waals surface area contributed by atoms with Crippen LogP contribution in [-0.2, 0) is 22.4 Å². The Bertz CT molecular complexity index is 848. The van der Waals surface area contributed by atoms with E-state index in [0.717, 1.165) is 29.7 Å². The minimum absolute atomic E-state index is 0.203. The standard InChI is InChI=1S/C17H23N5O3S2/c1-4-25-15(24)12-10-6-5-8(2)7-11(10)27-14(12)19-13(23)9(3)26-17-20-16(18)21-22-17/h8-9H,4-7H2,1-3H3,(H,19,23)(H3,18,20,21,22). The molecule has 0 spiro atoms. The summed E-state index contributed by atoms with van der Waals surface area (Å²) in [6.45, 7) is 6.03. The van der Waals surface area contributed by atoms with Crippen LogP contribution in [0.15, 0.2) is 5.16 Å². The van der Waals surface area contributed by atoms with Gasteiger partial charge in [0.1, 0.15) is 5.00 Å². The van der Waals surface area contributed by atoms with Crippen LogP contribution in [0.3, 0.4) is 0 Å². The lowest BCUT2D eigenvalue weighted by molar-refractivity contribution is -0.115. The summed E-state index contributed by atoms with van der Waals surface area (Å²) in [7, 11) is 0. The third-order valence-electron chi connectivity index (χ3n) is 4.36. The number of thiophene rings is 1. The molecule has 1 aliphatic carbocycles. The number of nitrogens with two attached hydrogens (primary N) is 1. The number of esters is 1. The molecule has 0 aliphatic heterocycles. The average molecular weight is 410 g/mol. The van der Waals surface area contributed by atoms with Crippen LogP contribution < -0.4 is 11.1 Å². The third-order valence-corrected chi connectivity index (χ3v) is 6.49. The molecule has 0 radical (unpaired) electrons. The second-order valence-corrected chi connectivity index (χ2v) is 8.94. The predicted octanol–water partition coefficient (Wildman–Crippen LogP) is 2.87. The van der Waals surface area contributed by atoms with Crippen LogP contribution in [0.4, 0.5) is 10.9 Å². The highest BCUT2D eigenvalue weighted by atomic mass is 32.2. The molecule has 27 heavy (non-hydrogen) atoms. The molecule has 0 saturated carbocycles. The Morgan fingerprint density at radius 2 is 2.30 bits per heavy atom. The minimum Gasteiger partial charge on any atom is -0.462 e. The molecule has 0 saturated heterocycles. The van der Waals surface area contributed by atoms with Gasteiger partial charge < -0.3 is 15.8 Å². The number of fused-ring (bicyclic) bond motifs is 1. The zero-order chi connectivity index (χ0) is 19.6. The number of carbonyl (C=O) groups excluding carboxylic acids is 2. The minimum atomic E-state index is -0.451. The van der Waals surface area contributed by atoms with Gasteiger partial charge in [0.15, 0.2) is 0 Å². The number of nitrogens with one attached hydrogen (secondary N) is 2. The lowest BCUT2D eigenvalue weighted by Gasteiger charge is -2.18. The average Bonchev–Trinajstić information content (AvgIpc) is 3.17. The first-order chi connectivity index (χ1) is 12.9. The summed E-state index contributed by atoms with van der Waals surface area (Å²) in [5.74, 6) is 0.178. The molecule has 2 aromatic rings. The van der Waals surface area contributed by atoms with Gasteiger partial charge in [-0.3, -0.25) is 4.79 Å². The van der Waals surface area contributed by atoms with Gasteiger partial charge >= 0.3 is 5.97 Å². The summed E-state index contributed by atoms with van der Waals surface area (Å²) in [4.78, 5) is 30.3. The zero-order valence-electron chi connectivity index (χ0n) is 15.5. The maximum Gasteiger partial charge on any atom is 0.341 e. The van der Waals surface area contributed by atoms with Gasteiger partial charge in [-0.2, -0.15) is 4.98 Å². The number of carbonyl (C=O) groups is 2. The highest BCUT2D eigenvalue weighted by molar-refractivity contribution is 8.00. The van der Waals surface area contributed by atoms with Crippen molar-refractivity contribution in [3.05, 3.63) is 16.0 Å². The Balaban J connectivity index is 1.80. The van der Waals surface area contributed by atoms with E-state index in [-0.39, 0.29) is 17.8 Å². The van der Waals surface area contributed by atoms with Gasteiger partial charge in [0.05, 0.1) is 17.4 Å². The molecule has 0 fully saturated rings. The fraction of sp³-hybridized carbons (Fsp3) is 0.529. The lowest BCUT2D eigenvalue weighted by Crippen LogP contribution is -2.23. The van der Waals surface area contributed by atoms with Crippen molar-refractivity contribution < 1.29 is 14.3 Å². The number of nitrogens with zero attached hydrogens (tertiary/aromatic N) is 2. The molecule has 2 unspecified atom stereocenters. The first kappa shape index (κ1) is 19.7. The molecule has 3 rings (SSSR count). The van der Waals surface area contributed by atoms with E-state index in [1.165, 1.54) is 23.1 Å². The normalized spacial score (nSPS) is 17.2. The number of hydrogen-bond donors (Lipinski definition) is 3. The van der Waals surface area contributed by atoms with Gasteiger partial charge in [-0.05, 0) is 44.6 Å². The summed E-state index contributed by atoms with van der Waals surface area (Å²) in [6.07, 6.45) is 2.78. The highest BCUT2D eigenvalue weighted by Gasteiger charge is 2.30. The summed E-state index contributed by atoms with van der Waals surface area (Å²) < 4.78 is 5.23. The van der Waals surface area contributed by atoms with Crippen molar-refractivity contribution in [2.75, 3.05) is 17.7 Å². The smallest absolute Gasteiger partial charge is 0.341 e. The van der Waals surface area contributed by atoms with E-state index < -0.39 is 5.25 Å². The number of aromatic amines is 1. The van der Waals surface area contributed by atoms with Gasteiger partial charge in [0.2, 0.25) is 17.0 Å². The van der Waals surface area contributed by atoms with Crippen molar-refractivity contribution in [2.24, 2.45) is 5.92 Å². The predicted molar refractivity (Wildman–Crippen MR) is 106 cm³/mol. The molecule has 2 aromatic heterocycles. The molecule has 4 N–H and O–H groups in total. The zero-order valence-corrected chi connectivity index (χ0v) is 17.1. The molecule has 0 bridgehead atoms. The highest BCUT2D eigenvalue weighted by Crippen LogP contribution is 2.40. The van der Waals surface area contributed by atoms with Crippen molar-refractivity contribution in [2.45, 2.75) is 50.4 Å². The first-order valence-corrected chi connectivity index (χ1v) is 10.6. The number of nitrogen functional groups attached to an aromatic ring is 1. The Labute approximate surface area is 165 Å². The maximum atomic E-state index is 12.7. The van der Waals surface area contributed by atoms with E-state index in [4.69, 9.17) is 10.5 Å². The van der Waals surface area contributed by atoms with Crippen molar-refractivity contribution >= 4 is 45.9 Å². The Morgan fingerprint density at radius 3 is 2.96 bits per heavy atom. The summed E-state index contributed by atoms with van der Waals surface area (Å²) in [6, 6.07) is 0. The maximum absolute atomic E-state index is 12.7. The van der Waals surface area contributed by atoms with Crippen molar-refractivity contribution in [1.82, 2.24) is 15.2 Å². The topological polar surface area (TPSA) is 123 Å². The second kappa shape index (κ2) is 8.30. The molecule has 1 amide bonds. The Kier molecular flexibility index (Phi) is 6.05. The molecular weight excluding hydrogens is 386 g/mol. The van der Waals surface area contributed by atoms with E-state index in [1.807, 2.05) is 0 Å². The van der Waals surface area contributed by atoms with Crippen molar-refractivity contribution in [3.8, 4) is 0 Å². The Morgan fingerprint density at radius 1 is 1.52 bits per heavy atom. The fourth-order valence-corrected chi connectivity index (χ4v) is 5.13. The monoisotopic (exact) mass is 409 g/mol. The molecule has 8 nitrogen and oxygen atoms in total. The molecule has 1 aliphatic rings. The van der Waals surface area contributed by atoms with E-state index >= 15 is 0 Å². The summed E-state index contributed by atoms with van der Waals surface area (Å²) >= 11 is 2.67. The van der Waals surface area contributed by atoms with Gasteiger partial charge in [-0.25, -0.2) is 9.89 Å². The van der Waals surface area contributed by atoms with Gasteiger partial charge in [0.25, 0.3) is 0 Å². The number of ether oxygens (including phenoxy) is 1. The van der Waals surface area contributed by atoms with Crippen LogP contribution in [0.25, 0.3) is 0 Å². The van der Waals surface area contributed by atoms with Gasteiger partial charge in [-0.1, -0.05) is 18.7 Å². The number of thioether (sulfide) groups is 1. The van der Waals surface area contributed by atoms with Crippen LogP contribution in [-0.4, -0.2) is 38.9 Å². The van der Waals surface area contributed by atoms with Crippen molar-refractivity contribution in [1.29, 1.82) is 0 Å². The number of rotatable bonds is 6. The van der Waals surface area contributed by atoms with E-state index in [9.17, 15) is 9.59 Å². The molecule has 146 valence electrons. The third kappa shape index (κ3) is 4.44. The van der Waals surface area contributed by atoms with Crippen LogP contribution in [0.2, 0.25) is 0 Å². The van der Waals surface area contributed by atoms with Gasteiger partial charge in [0, 0.05) is 4.88 Å². The molecule has 2 atom stereocenters. The molecular formula is C17H23N5O3S2. The summed E-state index contributed by atoms with van der Waals surface area (Å²) in [5, 5.41) is 9.90. The number of aromatic nitrogens is 3. The largest absolute Gasteiger partial charge is 0.462 e. The van der Waals surface area contributed by atoms with Crippen LogP contribution in [0.1, 0.15) is 48.0 Å². The number of anilines is 2. The first-order valence-electron chi connectivity index (χ1n) is 8.86. The number of H-pyrrole nitrogens is 1.